The SMILES string of the molecule is CCN(CCCN)CCCN(CC)CCCNC(=O)C(C)C. The molecule has 0 unspecified atom stereocenters. The maximum Gasteiger partial charge on any atom is 0.222 e. The van der Waals surface area contributed by atoms with Crippen LogP contribution in [0.2, 0.25) is 0 Å². The fraction of sp³-hybridized carbons (Fsp3) is 0.941. The first-order chi connectivity index (χ1) is 10.5. The lowest BCUT2D eigenvalue weighted by Crippen LogP contribution is -2.34. The molecular formula is C17H38N4O. The Balaban J connectivity index is 3.76. The monoisotopic (exact) mass is 314 g/mol. The Hall–Kier alpha value is -0.650. The first-order valence-electron chi connectivity index (χ1n) is 8.97. The predicted molar refractivity (Wildman–Crippen MR) is 95.0 cm³/mol. The zero-order chi connectivity index (χ0) is 16.8. The molecule has 3 N–H and O–H groups in total. The molecule has 0 aromatic rings. The molecule has 0 saturated heterocycles. The highest BCUT2D eigenvalue weighted by Gasteiger charge is 2.07. The normalized spacial score (nSPS) is 11.6. The van der Waals surface area contributed by atoms with Crippen LogP contribution in [0.4, 0.5) is 0 Å². The van der Waals surface area contributed by atoms with E-state index in [1.54, 1.807) is 0 Å². The van der Waals surface area contributed by atoms with Gasteiger partial charge in [0.15, 0.2) is 0 Å². The fourth-order valence-electron chi connectivity index (χ4n) is 2.41. The van der Waals surface area contributed by atoms with Gasteiger partial charge in [0.2, 0.25) is 5.91 Å². The first-order valence-corrected chi connectivity index (χ1v) is 8.97. The highest BCUT2D eigenvalue weighted by atomic mass is 16.1. The Labute approximate surface area is 137 Å². The van der Waals surface area contributed by atoms with Crippen LogP contribution in [0.1, 0.15) is 47.0 Å². The van der Waals surface area contributed by atoms with Gasteiger partial charge >= 0.3 is 0 Å². The second kappa shape index (κ2) is 14.0. The maximum absolute atomic E-state index is 11.5. The van der Waals surface area contributed by atoms with E-state index in [9.17, 15) is 4.79 Å². The van der Waals surface area contributed by atoms with Crippen molar-refractivity contribution < 1.29 is 4.79 Å². The highest BCUT2D eigenvalue weighted by Crippen LogP contribution is 1.98. The predicted octanol–water partition coefficient (Wildman–Crippen LogP) is 1.53. The molecular weight excluding hydrogens is 276 g/mol. The van der Waals surface area contributed by atoms with Crippen molar-refractivity contribution in [1.29, 1.82) is 0 Å². The van der Waals surface area contributed by atoms with Crippen molar-refractivity contribution in [3.8, 4) is 0 Å². The summed E-state index contributed by atoms with van der Waals surface area (Å²) in [7, 11) is 0. The van der Waals surface area contributed by atoms with Gasteiger partial charge in [-0.2, -0.15) is 0 Å². The van der Waals surface area contributed by atoms with Gasteiger partial charge in [0, 0.05) is 12.5 Å². The standard InChI is InChI=1S/C17H38N4O/c1-5-20(12-7-10-18)14-9-15-21(6-2)13-8-11-19-17(22)16(3)4/h16H,5-15,18H2,1-4H3,(H,19,22). The second-order valence-electron chi connectivity index (χ2n) is 6.16. The number of nitrogens with zero attached hydrogens (tertiary/aromatic N) is 2. The molecule has 0 saturated carbocycles. The van der Waals surface area contributed by atoms with Crippen LogP contribution in [0.3, 0.4) is 0 Å². The average molecular weight is 315 g/mol. The molecule has 0 fully saturated rings. The summed E-state index contributed by atoms with van der Waals surface area (Å²) in [4.78, 5) is 16.4. The van der Waals surface area contributed by atoms with Crippen LogP contribution in [0, 0.1) is 5.92 Å². The van der Waals surface area contributed by atoms with Crippen LogP contribution in [0.15, 0.2) is 0 Å². The number of amides is 1. The van der Waals surface area contributed by atoms with E-state index in [-0.39, 0.29) is 11.8 Å². The van der Waals surface area contributed by atoms with E-state index in [2.05, 4.69) is 29.0 Å². The van der Waals surface area contributed by atoms with Crippen molar-refractivity contribution in [3.63, 3.8) is 0 Å². The zero-order valence-electron chi connectivity index (χ0n) is 15.2. The molecule has 1 amide bonds. The first kappa shape index (κ1) is 21.4. The third-order valence-corrected chi connectivity index (χ3v) is 4.00. The summed E-state index contributed by atoms with van der Waals surface area (Å²) in [5, 5.41) is 2.98. The van der Waals surface area contributed by atoms with Gasteiger partial charge in [0.25, 0.3) is 0 Å². The molecule has 0 radical (unpaired) electrons. The van der Waals surface area contributed by atoms with Crippen molar-refractivity contribution in [2.75, 3.05) is 52.4 Å². The summed E-state index contributed by atoms with van der Waals surface area (Å²) in [5.41, 5.74) is 5.57. The van der Waals surface area contributed by atoms with E-state index in [1.807, 2.05) is 13.8 Å². The minimum absolute atomic E-state index is 0.0795. The quantitative estimate of drug-likeness (QED) is 0.477. The Morgan fingerprint density at radius 3 is 1.91 bits per heavy atom. The number of nitrogens with one attached hydrogen (secondary N) is 1. The Bertz CT molecular complexity index is 271. The number of carbonyl (C=O) groups is 1. The molecule has 5 nitrogen and oxygen atoms in total. The molecule has 0 heterocycles. The lowest BCUT2D eigenvalue weighted by molar-refractivity contribution is -0.123. The van der Waals surface area contributed by atoms with Crippen molar-refractivity contribution in [2.45, 2.75) is 47.0 Å². The zero-order valence-corrected chi connectivity index (χ0v) is 15.2. The van der Waals surface area contributed by atoms with E-state index in [0.29, 0.717) is 0 Å². The smallest absolute Gasteiger partial charge is 0.222 e. The van der Waals surface area contributed by atoms with Gasteiger partial charge in [0.05, 0.1) is 0 Å². The van der Waals surface area contributed by atoms with Gasteiger partial charge in [-0.05, 0) is 65.1 Å². The van der Waals surface area contributed by atoms with Gasteiger partial charge in [-0.25, -0.2) is 0 Å². The minimum Gasteiger partial charge on any atom is -0.356 e. The largest absolute Gasteiger partial charge is 0.356 e. The molecule has 0 aliphatic heterocycles. The Kier molecular flexibility index (Phi) is 13.6. The molecule has 0 aliphatic carbocycles. The average Bonchev–Trinajstić information content (AvgIpc) is 2.52. The number of nitrogens with two attached hydrogens (primary N) is 1. The van der Waals surface area contributed by atoms with Crippen molar-refractivity contribution in [1.82, 2.24) is 15.1 Å². The molecule has 5 heteroatoms. The van der Waals surface area contributed by atoms with Gasteiger partial charge in [-0.1, -0.05) is 27.7 Å². The molecule has 22 heavy (non-hydrogen) atoms. The van der Waals surface area contributed by atoms with Crippen LogP contribution >= 0.6 is 0 Å². The van der Waals surface area contributed by atoms with Gasteiger partial charge < -0.3 is 20.9 Å². The molecule has 0 spiro atoms. The van der Waals surface area contributed by atoms with Crippen LogP contribution < -0.4 is 11.1 Å². The van der Waals surface area contributed by atoms with Crippen LogP contribution in [-0.4, -0.2) is 68.1 Å². The number of rotatable bonds is 14. The molecule has 0 aliphatic rings. The minimum atomic E-state index is 0.0795. The maximum atomic E-state index is 11.5. The Morgan fingerprint density at radius 2 is 1.45 bits per heavy atom. The van der Waals surface area contributed by atoms with Gasteiger partial charge in [0.1, 0.15) is 0 Å². The molecule has 0 rings (SSSR count). The number of hydrogen-bond donors (Lipinski definition) is 2. The van der Waals surface area contributed by atoms with Gasteiger partial charge in [-0.3, -0.25) is 4.79 Å². The molecule has 0 aromatic carbocycles. The number of carbonyl (C=O) groups excluding carboxylic acids is 1. The Morgan fingerprint density at radius 1 is 0.955 bits per heavy atom. The van der Waals surface area contributed by atoms with E-state index < -0.39 is 0 Å². The summed E-state index contributed by atoms with van der Waals surface area (Å²) in [6.07, 6.45) is 3.31. The summed E-state index contributed by atoms with van der Waals surface area (Å²) in [6, 6.07) is 0. The third kappa shape index (κ3) is 11.0. The van der Waals surface area contributed by atoms with Crippen LogP contribution in [0.5, 0.6) is 0 Å². The summed E-state index contributed by atoms with van der Waals surface area (Å²) < 4.78 is 0. The van der Waals surface area contributed by atoms with Crippen molar-refractivity contribution >= 4 is 5.91 Å². The number of hydrogen-bond acceptors (Lipinski definition) is 4. The third-order valence-electron chi connectivity index (χ3n) is 4.00. The second-order valence-corrected chi connectivity index (χ2v) is 6.16. The summed E-state index contributed by atoms with van der Waals surface area (Å²) >= 11 is 0. The molecule has 0 bridgehead atoms. The van der Waals surface area contributed by atoms with E-state index in [0.717, 1.165) is 65.2 Å². The molecule has 0 atom stereocenters. The van der Waals surface area contributed by atoms with Crippen LogP contribution in [0.25, 0.3) is 0 Å². The molecule has 0 aromatic heterocycles. The molecule has 132 valence electrons. The topological polar surface area (TPSA) is 61.6 Å². The van der Waals surface area contributed by atoms with E-state index in [1.165, 1.54) is 6.42 Å². The highest BCUT2D eigenvalue weighted by molar-refractivity contribution is 5.77. The summed E-state index contributed by atoms with van der Waals surface area (Å²) in [6.45, 7) is 16.5. The lowest BCUT2D eigenvalue weighted by Gasteiger charge is -2.24. The van der Waals surface area contributed by atoms with E-state index >= 15 is 0 Å². The van der Waals surface area contributed by atoms with Gasteiger partial charge in [-0.15, -0.1) is 0 Å². The van der Waals surface area contributed by atoms with Crippen LogP contribution in [-0.2, 0) is 4.79 Å². The fourth-order valence-corrected chi connectivity index (χ4v) is 2.41. The van der Waals surface area contributed by atoms with Crippen molar-refractivity contribution in [3.05, 3.63) is 0 Å². The lowest BCUT2D eigenvalue weighted by atomic mass is 10.2. The van der Waals surface area contributed by atoms with Crippen molar-refractivity contribution in [2.24, 2.45) is 11.7 Å². The summed E-state index contributed by atoms with van der Waals surface area (Å²) in [5.74, 6) is 0.234. The van der Waals surface area contributed by atoms with E-state index in [4.69, 9.17) is 5.73 Å².